The fraction of sp³-hybridized carbons (Fsp3) is 0.360. The number of amides is 2. The zero-order valence-electron chi connectivity index (χ0n) is 18.2. The zero-order chi connectivity index (χ0) is 22.0. The lowest BCUT2D eigenvalue weighted by molar-refractivity contribution is -0.121. The number of hydrogen-bond donors (Lipinski definition) is 0. The third kappa shape index (κ3) is 4.21. The molecule has 0 aromatic heterocycles. The number of morpholine rings is 1. The van der Waals surface area contributed by atoms with Crippen LogP contribution in [0.5, 0.6) is 5.75 Å². The van der Waals surface area contributed by atoms with E-state index in [0.717, 1.165) is 12.2 Å². The molecule has 2 heterocycles. The average molecular weight is 421 g/mol. The summed E-state index contributed by atoms with van der Waals surface area (Å²) >= 11 is 0. The first kappa shape index (κ1) is 21.1. The summed E-state index contributed by atoms with van der Waals surface area (Å²) in [5.74, 6) is 0.150. The maximum Gasteiger partial charge on any atom is 0.282 e. The van der Waals surface area contributed by atoms with Crippen LogP contribution in [0.1, 0.15) is 32.8 Å². The van der Waals surface area contributed by atoms with Gasteiger partial charge in [-0.1, -0.05) is 37.3 Å². The fourth-order valence-electron chi connectivity index (χ4n) is 4.18. The number of imide groups is 1. The van der Waals surface area contributed by atoms with Crippen LogP contribution in [0.3, 0.4) is 0 Å². The number of carbonyl (C=O) groups is 2. The zero-order valence-corrected chi connectivity index (χ0v) is 18.2. The molecule has 2 unspecified atom stereocenters. The topological polar surface area (TPSA) is 59.1 Å². The number of hydrogen-bond acceptors (Lipinski definition) is 5. The van der Waals surface area contributed by atoms with Crippen LogP contribution in [0.2, 0.25) is 0 Å². The van der Waals surface area contributed by atoms with E-state index in [2.05, 4.69) is 6.92 Å². The Hall–Kier alpha value is -3.12. The molecule has 0 aliphatic carbocycles. The minimum atomic E-state index is -0.305. The van der Waals surface area contributed by atoms with Gasteiger partial charge >= 0.3 is 0 Å². The highest BCUT2D eigenvalue weighted by molar-refractivity contribution is 6.45. The van der Waals surface area contributed by atoms with Crippen molar-refractivity contribution in [1.82, 2.24) is 4.90 Å². The first-order valence-electron chi connectivity index (χ1n) is 10.8. The molecule has 0 spiro atoms. The Morgan fingerprint density at radius 2 is 1.58 bits per heavy atom. The van der Waals surface area contributed by atoms with Crippen molar-refractivity contribution in [2.45, 2.75) is 39.4 Å². The van der Waals surface area contributed by atoms with Crippen molar-refractivity contribution in [2.75, 3.05) is 24.6 Å². The average Bonchev–Trinajstić information content (AvgIpc) is 3.02. The van der Waals surface area contributed by atoms with Crippen LogP contribution in [0, 0.1) is 0 Å². The number of para-hydroxylation sites is 1. The van der Waals surface area contributed by atoms with E-state index < -0.39 is 0 Å². The third-order valence-electron chi connectivity index (χ3n) is 5.43. The maximum atomic E-state index is 13.6. The van der Waals surface area contributed by atoms with Crippen molar-refractivity contribution in [2.24, 2.45) is 0 Å². The number of rotatable bonds is 6. The molecule has 2 aromatic carbocycles. The van der Waals surface area contributed by atoms with Gasteiger partial charge in [0.15, 0.2) is 0 Å². The Balaban J connectivity index is 1.76. The van der Waals surface area contributed by atoms with Gasteiger partial charge in [0.05, 0.1) is 30.1 Å². The molecular formula is C25H28N2O4. The molecule has 0 saturated carbocycles. The second-order valence-corrected chi connectivity index (χ2v) is 8.04. The van der Waals surface area contributed by atoms with E-state index in [1.807, 2.05) is 61.2 Å². The summed E-state index contributed by atoms with van der Waals surface area (Å²) in [5, 5.41) is 0. The molecule has 6 nitrogen and oxygen atoms in total. The fourth-order valence-corrected chi connectivity index (χ4v) is 4.18. The van der Waals surface area contributed by atoms with Crippen molar-refractivity contribution >= 4 is 23.1 Å². The number of ether oxygens (including phenoxy) is 2. The van der Waals surface area contributed by atoms with E-state index in [-0.39, 0.29) is 24.0 Å². The second kappa shape index (κ2) is 8.94. The molecule has 6 heteroatoms. The molecule has 4 rings (SSSR count). The van der Waals surface area contributed by atoms with Crippen molar-refractivity contribution in [3.8, 4) is 5.75 Å². The van der Waals surface area contributed by atoms with Gasteiger partial charge < -0.3 is 14.4 Å². The highest BCUT2D eigenvalue weighted by atomic mass is 16.5. The highest BCUT2D eigenvalue weighted by Crippen LogP contribution is 2.36. The van der Waals surface area contributed by atoms with Crippen molar-refractivity contribution < 1.29 is 19.1 Å². The van der Waals surface area contributed by atoms with Crippen LogP contribution < -0.4 is 9.64 Å². The molecule has 0 N–H and O–H groups in total. The third-order valence-corrected chi connectivity index (χ3v) is 5.43. The van der Waals surface area contributed by atoms with E-state index in [1.165, 1.54) is 4.90 Å². The molecule has 0 radical (unpaired) electrons. The standard InChI is InChI=1S/C25H28N2O4/c1-4-14-30-21-12-10-19(11-13-21)22-23(26-15-17(2)31-18(3)16-26)25(29)27(24(22)28)20-8-6-5-7-9-20/h5-13,17-18H,4,14-16H2,1-3H3. The second-order valence-electron chi connectivity index (χ2n) is 8.04. The maximum absolute atomic E-state index is 13.6. The normalized spacial score (nSPS) is 21.8. The van der Waals surface area contributed by atoms with Gasteiger partial charge in [0.2, 0.25) is 0 Å². The van der Waals surface area contributed by atoms with Crippen LogP contribution in [-0.4, -0.2) is 48.6 Å². The van der Waals surface area contributed by atoms with Gasteiger partial charge in [-0.2, -0.15) is 0 Å². The molecule has 1 saturated heterocycles. The monoisotopic (exact) mass is 420 g/mol. The number of carbonyl (C=O) groups excluding carboxylic acids is 2. The Kier molecular flexibility index (Phi) is 6.09. The summed E-state index contributed by atoms with van der Waals surface area (Å²) in [6, 6.07) is 16.5. The quantitative estimate of drug-likeness (QED) is 0.664. The summed E-state index contributed by atoms with van der Waals surface area (Å²) < 4.78 is 11.5. The molecular weight excluding hydrogens is 392 g/mol. The van der Waals surface area contributed by atoms with Gasteiger partial charge in [0, 0.05) is 13.1 Å². The van der Waals surface area contributed by atoms with Gasteiger partial charge in [0.25, 0.3) is 11.8 Å². The van der Waals surface area contributed by atoms with Gasteiger partial charge in [0.1, 0.15) is 11.4 Å². The van der Waals surface area contributed by atoms with E-state index in [4.69, 9.17) is 9.47 Å². The number of benzene rings is 2. The molecule has 2 aromatic rings. The van der Waals surface area contributed by atoms with E-state index in [1.54, 1.807) is 12.1 Å². The van der Waals surface area contributed by atoms with Crippen LogP contribution in [0.25, 0.3) is 5.57 Å². The lowest BCUT2D eigenvalue weighted by Gasteiger charge is -2.37. The van der Waals surface area contributed by atoms with Gasteiger partial charge in [-0.25, -0.2) is 4.90 Å². The first-order chi connectivity index (χ1) is 15.0. The molecule has 2 amide bonds. The van der Waals surface area contributed by atoms with Crippen LogP contribution in [0.4, 0.5) is 5.69 Å². The van der Waals surface area contributed by atoms with Crippen LogP contribution >= 0.6 is 0 Å². The van der Waals surface area contributed by atoms with Gasteiger partial charge in [-0.15, -0.1) is 0 Å². The summed E-state index contributed by atoms with van der Waals surface area (Å²) in [6.07, 6.45) is 0.857. The van der Waals surface area contributed by atoms with Crippen molar-refractivity contribution in [1.29, 1.82) is 0 Å². The Morgan fingerprint density at radius 1 is 0.935 bits per heavy atom. The number of nitrogens with zero attached hydrogens (tertiary/aromatic N) is 2. The Bertz CT molecular complexity index is 974. The minimum absolute atomic E-state index is 0.0315. The first-order valence-corrected chi connectivity index (χ1v) is 10.8. The molecule has 162 valence electrons. The van der Waals surface area contributed by atoms with Gasteiger partial charge in [-0.3, -0.25) is 9.59 Å². The summed E-state index contributed by atoms with van der Waals surface area (Å²) in [7, 11) is 0. The lowest BCUT2D eigenvalue weighted by Crippen LogP contribution is -2.47. The Labute approximate surface area is 183 Å². The van der Waals surface area contributed by atoms with Crippen molar-refractivity contribution in [3.05, 3.63) is 65.9 Å². The molecule has 2 aliphatic heterocycles. The minimum Gasteiger partial charge on any atom is -0.494 e. The molecule has 31 heavy (non-hydrogen) atoms. The molecule has 2 atom stereocenters. The highest BCUT2D eigenvalue weighted by Gasteiger charge is 2.43. The van der Waals surface area contributed by atoms with Gasteiger partial charge in [-0.05, 0) is 50.1 Å². The summed E-state index contributed by atoms with van der Waals surface area (Å²) in [4.78, 5) is 30.4. The predicted octanol–water partition coefficient (Wildman–Crippen LogP) is 3.87. The molecule has 1 fully saturated rings. The van der Waals surface area contributed by atoms with E-state index >= 15 is 0 Å². The molecule has 0 bridgehead atoms. The lowest BCUT2D eigenvalue weighted by atomic mass is 10.0. The predicted molar refractivity (Wildman–Crippen MR) is 120 cm³/mol. The van der Waals surface area contributed by atoms with Crippen LogP contribution in [0.15, 0.2) is 60.3 Å². The van der Waals surface area contributed by atoms with E-state index in [9.17, 15) is 9.59 Å². The molecule has 2 aliphatic rings. The number of anilines is 1. The largest absolute Gasteiger partial charge is 0.494 e. The summed E-state index contributed by atoms with van der Waals surface area (Å²) in [5.41, 5.74) is 2.15. The Morgan fingerprint density at radius 3 is 2.19 bits per heavy atom. The van der Waals surface area contributed by atoms with Crippen LogP contribution in [-0.2, 0) is 14.3 Å². The smallest absolute Gasteiger partial charge is 0.282 e. The SMILES string of the molecule is CCCOc1ccc(C2=C(N3CC(C)OC(C)C3)C(=O)N(c3ccccc3)C2=O)cc1. The summed E-state index contributed by atoms with van der Waals surface area (Å²) in [6.45, 7) is 7.77. The van der Waals surface area contributed by atoms with Crippen molar-refractivity contribution in [3.63, 3.8) is 0 Å². The van der Waals surface area contributed by atoms with E-state index in [0.29, 0.717) is 42.2 Å².